The number of hydrogen-bond donors (Lipinski definition) is 1. The van der Waals surface area contributed by atoms with E-state index in [1.54, 1.807) is 13.0 Å². The lowest BCUT2D eigenvalue weighted by molar-refractivity contribution is 0.627. The second-order valence-electron chi connectivity index (χ2n) is 3.97. The average Bonchev–Trinajstić information content (AvgIpc) is 2.78. The van der Waals surface area contributed by atoms with Gasteiger partial charge in [0.15, 0.2) is 11.3 Å². The fourth-order valence-corrected chi connectivity index (χ4v) is 2.08. The first kappa shape index (κ1) is 11.0. The molecule has 0 spiro atoms. The van der Waals surface area contributed by atoms with E-state index in [9.17, 15) is 4.79 Å². The quantitative estimate of drug-likeness (QED) is 0.731. The summed E-state index contributed by atoms with van der Waals surface area (Å²) in [4.78, 5) is 18.2. The summed E-state index contributed by atoms with van der Waals surface area (Å²) in [5.74, 6) is 0.543. The fraction of sp³-hybridized carbons (Fsp3) is 0.0769. The average molecular weight is 261 g/mol. The summed E-state index contributed by atoms with van der Waals surface area (Å²) in [6.45, 7) is 1.70. The zero-order valence-electron chi connectivity index (χ0n) is 9.53. The van der Waals surface area contributed by atoms with Crippen molar-refractivity contribution < 1.29 is 4.42 Å². The molecule has 5 heteroatoms. The molecule has 4 nitrogen and oxygen atoms in total. The Hall–Kier alpha value is -2.07. The lowest BCUT2D eigenvalue weighted by atomic mass is 10.2. The van der Waals surface area contributed by atoms with Gasteiger partial charge in [0.2, 0.25) is 0 Å². The maximum atomic E-state index is 11.5. The van der Waals surface area contributed by atoms with Crippen molar-refractivity contribution in [2.45, 2.75) is 6.92 Å². The summed E-state index contributed by atoms with van der Waals surface area (Å²) < 4.78 is 5.67. The summed E-state index contributed by atoms with van der Waals surface area (Å²) in [5.41, 5.74) is 1.49. The van der Waals surface area contributed by atoms with Gasteiger partial charge in [0, 0.05) is 10.9 Å². The standard InChI is InChI=1S/C13H9ClN2O2/c1-7-11(15-6-16-13(7)17)10-5-8-3-2-4-9(14)12(8)18-10/h2-6H,1H3,(H,15,16,17). The number of nitrogens with zero attached hydrogens (tertiary/aromatic N) is 1. The van der Waals surface area contributed by atoms with E-state index in [1.807, 2.05) is 18.2 Å². The Morgan fingerprint density at radius 3 is 3.00 bits per heavy atom. The first-order valence-corrected chi connectivity index (χ1v) is 5.77. The number of fused-ring (bicyclic) bond motifs is 1. The van der Waals surface area contributed by atoms with Crippen LogP contribution in [0.1, 0.15) is 5.56 Å². The van der Waals surface area contributed by atoms with E-state index in [2.05, 4.69) is 9.97 Å². The van der Waals surface area contributed by atoms with E-state index < -0.39 is 0 Å². The van der Waals surface area contributed by atoms with Crippen LogP contribution in [0.25, 0.3) is 22.4 Å². The van der Waals surface area contributed by atoms with Crippen LogP contribution >= 0.6 is 11.6 Å². The number of aromatic nitrogens is 2. The minimum atomic E-state index is -0.174. The van der Waals surface area contributed by atoms with Crippen molar-refractivity contribution in [1.29, 1.82) is 0 Å². The highest BCUT2D eigenvalue weighted by molar-refractivity contribution is 6.34. The van der Waals surface area contributed by atoms with E-state index in [-0.39, 0.29) is 5.56 Å². The topological polar surface area (TPSA) is 58.9 Å². The molecule has 1 aromatic carbocycles. The summed E-state index contributed by atoms with van der Waals surface area (Å²) >= 11 is 6.05. The Morgan fingerprint density at radius 1 is 1.39 bits per heavy atom. The Morgan fingerprint density at radius 2 is 2.22 bits per heavy atom. The third-order valence-electron chi connectivity index (χ3n) is 2.81. The third-order valence-corrected chi connectivity index (χ3v) is 3.11. The molecule has 0 atom stereocenters. The van der Waals surface area contributed by atoms with Crippen molar-refractivity contribution in [1.82, 2.24) is 9.97 Å². The van der Waals surface area contributed by atoms with Crippen molar-refractivity contribution in [3.05, 3.63) is 51.5 Å². The SMILES string of the molecule is Cc1c(-c2cc3cccc(Cl)c3o2)nc[nH]c1=O. The predicted molar refractivity (Wildman–Crippen MR) is 69.8 cm³/mol. The molecule has 0 aliphatic heterocycles. The molecule has 3 aromatic rings. The molecule has 90 valence electrons. The van der Waals surface area contributed by atoms with Crippen molar-refractivity contribution in [3.8, 4) is 11.5 Å². The van der Waals surface area contributed by atoms with Gasteiger partial charge in [0.05, 0.1) is 11.3 Å². The van der Waals surface area contributed by atoms with Gasteiger partial charge in [0.1, 0.15) is 5.69 Å². The van der Waals surface area contributed by atoms with Gasteiger partial charge < -0.3 is 9.40 Å². The lowest BCUT2D eigenvalue weighted by Gasteiger charge is -1.98. The maximum Gasteiger partial charge on any atom is 0.254 e. The van der Waals surface area contributed by atoms with Crippen LogP contribution in [0, 0.1) is 6.92 Å². The Bertz CT molecular complexity index is 789. The number of para-hydroxylation sites is 1. The number of nitrogens with one attached hydrogen (secondary N) is 1. The van der Waals surface area contributed by atoms with Gasteiger partial charge in [-0.2, -0.15) is 0 Å². The highest BCUT2D eigenvalue weighted by atomic mass is 35.5. The maximum absolute atomic E-state index is 11.5. The van der Waals surface area contributed by atoms with Crippen LogP contribution in [0.5, 0.6) is 0 Å². The van der Waals surface area contributed by atoms with Crippen LogP contribution in [-0.4, -0.2) is 9.97 Å². The Balaban J connectivity index is 2.29. The molecule has 0 fully saturated rings. The zero-order chi connectivity index (χ0) is 12.7. The van der Waals surface area contributed by atoms with Gasteiger partial charge in [0.25, 0.3) is 5.56 Å². The third kappa shape index (κ3) is 1.62. The number of halogens is 1. The highest BCUT2D eigenvalue weighted by Gasteiger charge is 2.13. The second kappa shape index (κ2) is 3.99. The van der Waals surface area contributed by atoms with Crippen LogP contribution in [0.3, 0.4) is 0 Å². The van der Waals surface area contributed by atoms with Crippen molar-refractivity contribution in [2.24, 2.45) is 0 Å². The normalized spacial score (nSPS) is 11.0. The summed E-state index contributed by atoms with van der Waals surface area (Å²) in [5, 5.41) is 1.43. The van der Waals surface area contributed by atoms with Gasteiger partial charge in [-0.15, -0.1) is 0 Å². The molecule has 0 saturated carbocycles. The van der Waals surface area contributed by atoms with Gasteiger partial charge in [-0.25, -0.2) is 4.98 Å². The first-order chi connectivity index (χ1) is 8.66. The molecule has 0 aliphatic carbocycles. The molecule has 1 N–H and O–H groups in total. The van der Waals surface area contributed by atoms with Gasteiger partial charge in [-0.05, 0) is 19.1 Å². The molecule has 0 bridgehead atoms. The predicted octanol–water partition coefficient (Wildman–Crippen LogP) is 3.14. The molecule has 3 rings (SSSR count). The molecular formula is C13H9ClN2O2. The highest BCUT2D eigenvalue weighted by Crippen LogP contribution is 2.31. The molecule has 0 saturated heterocycles. The summed E-state index contributed by atoms with van der Waals surface area (Å²) in [7, 11) is 0. The zero-order valence-corrected chi connectivity index (χ0v) is 10.3. The first-order valence-electron chi connectivity index (χ1n) is 5.39. The molecular weight excluding hydrogens is 252 g/mol. The number of furan rings is 1. The van der Waals surface area contributed by atoms with Gasteiger partial charge >= 0.3 is 0 Å². The van der Waals surface area contributed by atoms with Crippen molar-refractivity contribution >= 4 is 22.6 Å². The minimum Gasteiger partial charge on any atom is -0.453 e. The lowest BCUT2D eigenvalue weighted by Crippen LogP contribution is -2.10. The number of aromatic amines is 1. The fourth-order valence-electron chi connectivity index (χ4n) is 1.86. The number of benzene rings is 1. The van der Waals surface area contributed by atoms with Crippen molar-refractivity contribution in [3.63, 3.8) is 0 Å². The van der Waals surface area contributed by atoms with Crippen LogP contribution in [-0.2, 0) is 0 Å². The molecule has 18 heavy (non-hydrogen) atoms. The number of hydrogen-bond acceptors (Lipinski definition) is 3. The van der Waals surface area contributed by atoms with E-state index in [0.717, 1.165) is 5.39 Å². The minimum absolute atomic E-state index is 0.174. The number of rotatable bonds is 1. The van der Waals surface area contributed by atoms with E-state index in [0.29, 0.717) is 27.6 Å². The van der Waals surface area contributed by atoms with Crippen LogP contribution in [0.15, 0.2) is 39.8 Å². The van der Waals surface area contributed by atoms with Gasteiger partial charge in [-0.3, -0.25) is 4.79 Å². The Labute approximate surface area is 107 Å². The molecule has 0 radical (unpaired) electrons. The Kier molecular flexibility index (Phi) is 2.45. The molecule has 0 aliphatic rings. The van der Waals surface area contributed by atoms with Crippen LogP contribution in [0.2, 0.25) is 5.02 Å². The van der Waals surface area contributed by atoms with Crippen LogP contribution < -0.4 is 5.56 Å². The van der Waals surface area contributed by atoms with Crippen LogP contribution in [0.4, 0.5) is 0 Å². The van der Waals surface area contributed by atoms with Gasteiger partial charge in [-0.1, -0.05) is 23.7 Å². The summed E-state index contributed by atoms with van der Waals surface area (Å²) in [6, 6.07) is 7.34. The molecule has 0 unspecified atom stereocenters. The molecule has 0 amide bonds. The second-order valence-corrected chi connectivity index (χ2v) is 4.38. The largest absolute Gasteiger partial charge is 0.453 e. The molecule has 2 heterocycles. The van der Waals surface area contributed by atoms with E-state index >= 15 is 0 Å². The molecule has 2 aromatic heterocycles. The number of H-pyrrole nitrogens is 1. The van der Waals surface area contributed by atoms with E-state index in [4.69, 9.17) is 16.0 Å². The van der Waals surface area contributed by atoms with E-state index in [1.165, 1.54) is 6.33 Å². The van der Waals surface area contributed by atoms with Crippen molar-refractivity contribution in [2.75, 3.05) is 0 Å². The summed E-state index contributed by atoms with van der Waals surface area (Å²) in [6.07, 6.45) is 1.36. The monoisotopic (exact) mass is 260 g/mol. The smallest absolute Gasteiger partial charge is 0.254 e.